The van der Waals surface area contributed by atoms with Crippen LogP contribution in [0.5, 0.6) is 0 Å². The quantitative estimate of drug-likeness (QED) is 0.0452. The minimum atomic E-state index is -0.859. The van der Waals surface area contributed by atoms with Crippen LogP contribution < -0.4 is 33.2 Å². The zero-order chi connectivity index (χ0) is 42.8. The molecule has 0 aliphatic carbocycles. The maximum atomic E-state index is 12.9. The fourth-order valence-corrected chi connectivity index (χ4v) is 6.42. The molecule has 0 bridgehead atoms. The van der Waals surface area contributed by atoms with Crippen LogP contribution in [0.15, 0.2) is 164 Å². The Morgan fingerprint density at radius 2 is 0.623 bits per heavy atom. The normalized spacial score (nSPS) is 12.6. The number of carbonyl (C=O) groups is 3. The number of nitrogens with one attached hydrogen (secondary N) is 3. The van der Waals surface area contributed by atoms with Gasteiger partial charge in [0, 0.05) is 23.0 Å². The fourth-order valence-electron chi connectivity index (χ4n) is 6.42. The fraction of sp³-hybridized carbons (Fsp3) is 0.204. The lowest BCUT2D eigenvalue weighted by Crippen LogP contribution is -2.39. The summed E-state index contributed by atoms with van der Waals surface area (Å²) in [6.07, 6.45) is 0. The Morgan fingerprint density at radius 1 is 0.377 bits per heavy atom. The number of hydrogen-bond acceptors (Lipinski definition) is 9. The Bertz CT molecular complexity index is 2000. The molecule has 0 spiro atoms. The van der Waals surface area contributed by atoms with Crippen LogP contribution in [-0.4, -0.2) is 55.7 Å². The molecule has 0 unspecified atom stereocenters. The van der Waals surface area contributed by atoms with Crippen LogP contribution >= 0.6 is 0 Å². The second kappa shape index (κ2) is 22.7. The number of nitrogens with two attached hydrogens (primary N) is 3. The minimum absolute atomic E-state index is 0.0652. The molecule has 0 aromatic heterocycles. The highest BCUT2D eigenvalue weighted by atomic mass is 16.5. The van der Waals surface area contributed by atoms with Crippen molar-refractivity contribution < 1.29 is 28.6 Å². The van der Waals surface area contributed by atoms with Gasteiger partial charge in [0.2, 0.25) is 17.7 Å². The molecule has 0 saturated carbocycles. The van der Waals surface area contributed by atoms with Crippen LogP contribution in [0.25, 0.3) is 0 Å². The van der Waals surface area contributed by atoms with Gasteiger partial charge in [-0.1, -0.05) is 127 Å². The van der Waals surface area contributed by atoms with E-state index in [1.807, 2.05) is 164 Å². The highest BCUT2D eigenvalue weighted by molar-refractivity contribution is 5.96. The molecule has 61 heavy (non-hydrogen) atoms. The monoisotopic (exact) mass is 820 g/mol. The van der Waals surface area contributed by atoms with E-state index in [-0.39, 0.29) is 43.5 Å². The Morgan fingerprint density at radius 3 is 0.869 bits per heavy atom. The van der Waals surface area contributed by atoms with Gasteiger partial charge in [-0.15, -0.1) is 0 Å². The van der Waals surface area contributed by atoms with E-state index in [2.05, 4.69) is 16.0 Å². The second-order valence-electron chi connectivity index (χ2n) is 14.6. The van der Waals surface area contributed by atoms with E-state index in [4.69, 9.17) is 31.4 Å². The second-order valence-corrected chi connectivity index (χ2v) is 14.6. The molecule has 0 radical (unpaired) electrons. The summed E-state index contributed by atoms with van der Waals surface area (Å²) < 4.78 is 17.0. The Kier molecular flexibility index (Phi) is 16.4. The predicted molar refractivity (Wildman–Crippen MR) is 238 cm³/mol. The first-order valence-corrected chi connectivity index (χ1v) is 20.1. The van der Waals surface area contributed by atoms with Crippen molar-refractivity contribution in [3.8, 4) is 0 Å². The Hall–Kier alpha value is -6.51. The molecular weight excluding hydrogens is 769 g/mol. The average Bonchev–Trinajstić information content (AvgIpc) is 3.29. The van der Waals surface area contributed by atoms with Crippen molar-refractivity contribution >= 4 is 34.8 Å². The van der Waals surface area contributed by atoms with Crippen LogP contribution in [0.4, 0.5) is 17.1 Å². The van der Waals surface area contributed by atoms with Gasteiger partial charge in [-0.25, -0.2) is 0 Å². The third-order valence-corrected chi connectivity index (χ3v) is 9.77. The van der Waals surface area contributed by atoms with Crippen molar-refractivity contribution in [1.82, 2.24) is 0 Å². The molecule has 0 saturated heterocycles. The van der Waals surface area contributed by atoms with E-state index >= 15 is 0 Å². The van der Waals surface area contributed by atoms with E-state index < -0.39 is 18.1 Å². The van der Waals surface area contributed by atoms with Gasteiger partial charge in [-0.2, -0.15) is 0 Å². The summed E-state index contributed by atoms with van der Waals surface area (Å²) in [5.41, 5.74) is 25.9. The SMILES string of the molecule is N[C@@H](COCc1ccccc1)C(=O)Nc1ccc(C(c2ccc(NC(=O)[C@@H](N)COCc3ccccc3)cc2)c2ccc(NC(=O)[C@@H](N)COCc3ccccc3)cc2)cc1. The molecule has 0 heterocycles. The van der Waals surface area contributed by atoms with Gasteiger partial charge in [0.15, 0.2) is 0 Å². The number of benzene rings is 6. The van der Waals surface area contributed by atoms with Crippen molar-refractivity contribution in [2.24, 2.45) is 17.2 Å². The third-order valence-electron chi connectivity index (χ3n) is 9.77. The van der Waals surface area contributed by atoms with Crippen molar-refractivity contribution in [2.45, 2.75) is 43.9 Å². The summed E-state index contributed by atoms with van der Waals surface area (Å²) in [6.45, 7) is 1.26. The van der Waals surface area contributed by atoms with Crippen molar-refractivity contribution in [1.29, 1.82) is 0 Å². The number of ether oxygens (including phenoxy) is 3. The van der Waals surface area contributed by atoms with E-state index in [1.165, 1.54) is 0 Å². The number of carbonyl (C=O) groups excluding carboxylic acids is 3. The summed E-state index contributed by atoms with van der Waals surface area (Å²) >= 11 is 0. The first-order chi connectivity index (χ1) is 29.7. The smallest absolute Gasteiger partial charge is 0.243 e. The highest BCUT2D eigenvalue weighted by Crippen LogP contribution is 2.34. The zero-order valence-electron chi connectivity index (χ0n) is 33.8. The van der Waals surface area contributed by atoms with Gasteiger partial charge in [0.25, 0.3) is 0 Å². The molecule has 0 fully saturated rings. The Labute approximate surface area is 356 Å². The summed E-state index contributed by atoms with van der Waals surface area (Å²) in [5.74, 6) is -1.36. The van der Waals surface area contributed by atoms with Crippen LogP contribution in [0.3, 0.4) is 0 Å². The maximum Gasteiger partial charge on any atom is 0.243 e. The van der Waals surface area contributed by atoms with Gasteiger partial charge in [-0.05, 0) is 69.8 Å². The topological polar surface area (TPSA) is 193 Å². The van der Waals surface area contributed by atoms with Gasteiger partial charge in [0.1, 0.15) is 18.1 Å². The number of amides is 3. The van der Waals surface area contributed by atoms with Gasteiger partial charge < -0.3 is 47.4 Å². The molecular formula is C49H52N6O6. The summed E-state index contributed by atoms with van der Waals surface area (Å²) in [7, 11) is 0. The van der Waals surface area contributed by atoms with Crippen LogP contribution in [-0.2, 0) is 48.4 Å². The summed E-state index contributed by atoms with van der Waals surface area (Å²) in [6, 6.07) is 49.0. The minimum Gasteiger partial charge on any atom is -0.375 e. The average molecular weight is 821 g/mol. The maximum absolute atomic E-state index is 12.9. The number of hydrogen-bond donors (Lipinski definition) is 6. The van der Waals surface area contributed by atoms with Gasteiger partial charge >= 0.3 is 0 Å². The lowest BCUT2D eigenvalue weighted by atomic mass is 9.85. The van der Waals surface area contributed by atoms with Gasteiger partial charge in [-0.3, -0.25) is 14.4 Å². The van der Waals surface area contributed by atoms with Crippen LogP contribution in [0, 0.1) is 0 Å². The van der Waals surface area contributed by atoms with Crippen molar-refractivity contribution in [2.75, 3.05) is 35.8 Å². The molecule has 314 valence electrons. The standard InChI is InChI=1S/C49H52N6O6/c50-43(31-59-28-34-10-4-1-5-11-34)47(56)53-40-22-16-37(17-23-40)46(38-18-24-41(25-19-38)54-48(57)44(51)32-60-29-35-12-6-2-7-13-35)39-20-26-42(27-21-39)55-49(58)45(52)33-61-30-36-14-8-3-9-15-36/h1-27,43-46H,28-33,50-52H2,(H,53,56)(H,54,57)(H,55,58)/t43-,44-,45-/m0/s1. The third kappa shape index (κ3) is 13.8. The molecule has 6 rings (SSSR count). The van der Waals surface area contributed by atoms with Crippen molar-refractivity contribution in [3.05, 3.63) is 197 Å². The molecule has 12 nitrogen and oxygen atoms in total. The predicted octanol–water partition coefficient (Wildman–Crippen LogP) is 6.31. The lowest BCUT2D eigenvalue weighted by molar-refractivity contribution is -0.119. The Balaban J connectivity index is 1.11. The van der Waals surface area contributed by atoms with E-state index in [0.29, 0.717) is 36.9 Å². The molecule has 6 aromatic rings. The van der Waals surface area contributed by atoms with Crippen LogP contribution in [0.1, 0.15) is 39.3 Å². The van der Waals surface area contributed by atoms with Gasteiger partial charge in [0.05, 0.1) is 39.6 Å². The van der Waals surface area contributed by atoms with Crippen molar-refractivity contribution in [3.63, 3.8) is 0 Å². The number of anilines is 3. The summed E-state index contributed by atoms with van der Waals surface area (Å²) in [4.78, 5) is 38.8. The molecule has 6 aromatic carbocycles. The molecule has 0 aliphatic heterocycles. The first kappa shape index (κ1) is 44.1. The number of rotatable bonds is 21. The molecule has 12 heteroatoms. The molecule has 0 aliphatic rings. The lowest BCUT2D eigenvalue weighted by Gasteiger charge is -2.21. The largest absolute Gasteiger partial charge is 0.375 e. The summed E-state index contributed by atoms with van der Waals surface area (Å²) in [5, 5.41) is 8.65. The van der Waals surface area contributed by atoms with E-state index in [0.717, 1.165) is 33.4 Å². The van der Waals surface area contributed by atoms with Crippen LogP contribution in [0.2, 0.25) is 0 Å². The molecule has 9 N–H and O–H groups in total. The molecule has 3 amide bonds. The molecule has 3 atom stereocenters. The van der Waals surface area contributed by atoms with E-state index in [1.54, 1.807) is 0 Å². The highest BCUT2D eigenvalue weighted by Gasteiger charge is 2.21. The first-order valence-electron chi connectivity index (χ1n) is 20.1. The zero-order valence-corrected chi connectivity index (χ0v) is 33.8. The van der Waals surface area contributed by atoms with E-state index in [9.17, 15) is 14.4 Å².